The van der Waals surface area contributed by atoms with Gasteiger partial charge in [0.2, 0.25) is 5.91 Å². The average molecular weight is 456 g/mol. The number of aromatic amines is 1. The zero-order chi connectivity index (χ0) is 19.5. The van der Waals surface area contributed by atoms with Crippen molar-refractivity contribution in [2.24, 2.45) is 0 Å². The number of nitrogens with zero attached hydrogens (tertiary/aromatic N) is 3. The van der Waals surface area contributed by atoms with Crippen molar-refractivity contribution in [3.8, 4) is 5.69 Å². The van der Waals surface area contributed by atoms with E-state index in [0.29, 0.717) is 21.9 Å². The summed E-state index contributed by atoms with van der Waals surface area (Å²) in [5, 5.41) is 7.84. The van der Waals surface area contributed by atoms with Crippen LogP contribution in [0.3, 0.4) is 0 Å². The molecule has 4 rings (SSSR count). The monoisotopic (exact) mass is 455 g/mol. The topological polar surface area (TPSA) is 92.7 Å². The molecule has 0 fully saturated rings. The number of nitrogens with one attached hydrogen (secondary N) is 2. The molecule has 1 amide bonds. The standard InChI is InChI=1S/C19H14BrN5O2S/c20-14-8-4-5-9-15(14)22-16(26)11-28-19-23-17-13(18(27)24-19)10-21-25(17)12-6-2-1-3-7-12/h1-10H,11H2,(H,22,26)(H,23,24,27). The van der Waals surface area contributed by atoms with Crippen molar-refractivity contribution in [2.45, 2.75) is 5.16 Å². The highest BCUT2D eigenvalue weighted by molar-refractivity contribution is 9.10. The number of hydrogen-bond acceptors (Lipinski definition) is 5. The number of thioether (sulfide) groups is 1. The minimum atomic E-state index is -0.291. The molecule has 0 aliphatic carbocycles. The van der Waals surface area contributed by atoms with E-state index in [0.717, 1.165) is 21.9 Å². The summed E-state index contributed by atoms with van der Waals surface area (Å²) in [5.74, 6) is -0.0915. The van der Waals surface area contributed by atoms with Crippen molar-refractivity contribution < 1.29 is 4.79 Å². The Hall–Kier alpha value is -2.91. The lowest BCUT2D eigenvalue weighted by molar-refractivity contribution is -0.113. The van der Waals surface area contributed by atoms with Crippen LogP contribution >= 0.6 is 27.7 Å². The second-order valence-electron chi connectivity index (χ2n) is 5.82. The Kier molecular flexibility index (Phi) is 5.27. The molecule has 0 aliphatic heterocycles. The number of benzene rings is 2. The van der Waals surface area contributed by atoms with Crippen molar-refractivity contribution >= 4 is 50.3 Å². The fraction of sp³-hybridized carbons (Fsp3) is 0.0526. The molecule has 0 spiro atoms. The molecule has 7 nitrogen and oxygen atoms in total. The van der Waals surface area contributed by atoms with E-state index in [2.05, 4.69) is 36.3 Å². The van der Waals surface area contributed by atoms with Gasteiger partial charge < -0.3 is 10.3 Å². The summed E-state index contributed by atoms with van der Waals surface area (Å²) in [5.41, 5.74) is 1.65. The summed E-state index contributed by atoms with van der Waals surface area (Å²) in [4.78, 5) is 31.8. The summed E-state index contributed by atoms with van der Waals surface area (Å²) in [7, 11) is 0. The van der Waals surface area contributed by atoms with Gasteiger partial charge in [-0.3, -0.25) is 9.59 Å². The predicted molar refractivity (Wildman–Crippen MR) is 113 cm³/mol. The molecule has 2 heterocycles. The first-order valence-corrected chi connectivity index (χ1v) is 10.1. The number of carbonyl (C=O) groups excluding carboxylic acids is 1. The number of rotatable bonds is 5. The molecule has 0 saturated carbocycles. The quantitative estimate of drug-likeness (QED) is 0.354. The van der Waals surface area contributed by atoms with Crippen LogP contribution in [0.15, 0.2) is 75.2 Å². The summed E-state index contributed by atoms with van der Waals surface area (Å²) in [6.07, 6.45) is 1.49. The number of halogens is 1. The Morgan fingerprint density at radius 1 is 1.14 bits per heavy atom. The zero-order valence-corrected chi connectivity index (χ0v) is 16.8. The van der Waals surface area contributed by atoms with Gasteiger partial charge in [-0.05, 0) is 40.2 Å². The van der Waals surface area contributed by atoms with E-state index in [1.54, 1.807) is 10.7 Å². The molecule has 0 aliphatic rings. The van der Waals surface area contributed by atoms with Crippen molar-refractivity contribution in [2.75, 3.05) is 11.1 Å². The Morgan fingerprint density at radius 3 is 2.68 bits per heavy atom. The molecule has 0 bridgehead atoms. The van der Waals surface area contributed by atoms with E-state index < -0.39 is 0 Å². The maximum atomic E-state index is 12.4. The number of hydrogen-bond donors (Lipinski definition) is 2. The van der Waals surface area contributed by atoms with Gasteiger partial charge in [0.25, 0.3) is 5.56 Å². The van der Waals surface area contributed by atoms with E-state index in [9.17, 15) is 9.59 Å². The molecular weight excluding hydrogens is 442 g/mol. The zero-order valence-electron chi connectivity index (χ0n) is 14.4. The highest BCUT2D eigenvalue weighted by Gasteiger charge is 2.13. The van der Waals surface area contributed by atoms with Gasteiger partial charge in [0.15, 0.2) is 10.8 Å². The van der Waals surface area contributed by atoms with Gasteiger partial charge >= 0.3 is 0 Å². The first-order chi connectivity index (χ1) is 13.6. The molecule has 0 saturated heterocycles. The van der Waals surface area contributed by atoms with E-state index in [-0.39, 0.29) is 17.2 Å². The van der Waals surface area contributed by atoms with Crippen molar-refractivity contribution in [1.82, 2.24) is 19.7 Å². The number of H-pyrrole nitrogens is 1. The Balaban J connectivity index is 1.55. The third-order valence-electron chi connectivity index (χ3n) is 3.91. The van der Waals surface area contributed by atoms with Crippen LogP contribution in [0.5, 0.6) is 0 Å². The molecule has 0 unspecified atom stereocenters. The number of para-hydroxylation sites is 2. The first kappa shape index (κ1) is 18.5. The Bertz CT molecular complexity index is 1210. The number of aromatic nitrogens is 4. The summed E-state index contributed by atoms with van der Waals surface area (Å²) >= 11 is 4.55. The minimum Gasteiger partial charge on any atom is -0.324 e. The number of anilines is 1. The van der Waals surface area contributed by atoms with Crippen LogP contribution in [0.1, 0.15) is 0 Å². The van der Waals surface area contributed by atoms with Crippen LogP contribution < -0.4 is 10.9 Å². The van der Waals surface area contributed by atoms with Crippen molar-refractivity contribution in [3.63, 3.8) is 0 Å². The van der Waals surface area contributed by atoms with Crippen LogP contribution in [0.25, 0.3) is 16.7 Å². The fourth-order valence-corrected chi connectivity index (χ4v) is 3.65. The lowest BCUT2D eigenvalue weighted by Crippen LogP contribution is -2.16. The maximum Gasteiger partial charge on any atom is 0.262 e. The third-order valence-corrected chi connectivity index (χ3v) is 5.47. The van der Waals surface area contributed by atoms with E-state index in [1.807, 2.05) is 48.5 Å². The summed E-state index contributed by atoms with van der Waals surface area (Å²) in [6, 6.07) is 16.8. The number of fused-ring (bicyclic) bond motifs is 1. The van der Waals surface area contributed by atoms with E-state index in [1.165, 1.54) is 6.20 Å². The second kappa shape index (κ2) is 7.99. The summed E-state index contributed by atoms with van der Waals surface area (Å²) in [6.45, 7) is 0. The van der Waals surface area contributed by atoms with Crippen molar-refractivity contribution in [3.05, 3.63) is 75.6 Å². The highest BCUT2D eigenvalue weighted by Crippen LogP contribution is 2.22. The summed E-state index contributed by atoms with van der Waals surface area (Å²) < 4.78 is 2.41. The first-order valence-electron chi connectivity index (χ1n) is 8.32. The van der Waals surface area contributed by atoms with Gasteiger partial charge in [-0.2, -0.15) is 5.10 Å². The molecule has 2 aromatic heterocycles. The normalized spacial score (nSPS) is 10.9. The fourth-order valence-electron chi connectivity index (χ4n) is 2.61. The lowest BCUT2D eigenvalue weighted by Gasteiger charge is -2.07. The SMILES string of the molecule is O=C(CSc1nc2c(cnn2-c2ccccc2)c(=O)[nH]1)Nc1ccccc1Br. The van der Waals surface area contributed by atoms with E-state index in [4.69, 9.17) is 0 Å². The Morgan fingerprint density at radius 2 is 1.89 bits per heavy atom. The molecule has 9 heteroatoms. The maximum absolute atomic E-state index is 12.4. The van der Waals surface area contributed by atoms with Crippen LogP contribution in [0.4, 0.5) is 5.69 Å². The van der Waals surface area contributed by atoms with Gasteiger partial charge in [-0.15, -0.1) is 0 Å². The Labute approximate surface area is 172 Å². The van der Waals surface area contributed by atoms with Gasteiger partial charge in [0.05, 0.1) is 23.3 Å². The van der Waals surface area contributed by atoms with Crippen LogP contribution in [-0.2, 0) is 4.79 Å². The second-order valence-corrected chi connectivity index (χ2v) is 7.64. The smallest absolute Gasteiger partial charge is 0.262 e. The lowest BCUT2D eigenvalue weighted by atomic mass is 10.3. The molecule has 2 N–H and O–H groups in total. The molecule has 2 aromatic carbocycles. The minimum absolute atomic E-state index is 0.106. The predicted octanol–water partition coefficient (Wildman–Crippen LogP) is 3.60. The largest absolute Gasteiger partial charge is 0.324 e. The van der Waals surface area contributed by atoms with Gasteiger partial charge in [-0.1, -0.05) is 42.1 Å². The van der Waals surface area contributed by atoms with Crippen LogP contribution in [-0.4, -0.2) is 31.4 Å². The van der Waals surface area contributed by atoms with Crippen molar-refractivity contribution in [1.29, 1.82) is 0 Å². The van der Waals surface area contributed by atoms with Gasteiger partial charge in [-0.25, -0.2) is 9.67 Å². The van der Waals surface area contributed by atoms with E-state index >= 15 is 0 Å². The molecule has 0 atom stereocenters. The van der Waals surface area contributed by atoms with Gasteiger partial charge in [0.1, 0.15) is 5.39 Å². The number of amides is 1. The molecule has 0 radical (unpaired) electrons. The van der Waals surface area contributed by atoms with Crippen LogP contribution in [0.2, 0.25) is 0 Å². The molecular formula is C19H14BrN5O2S. The molecule has 140 valence electrons. The molecule has 4 aromatic rings. The third kappa shape index (κ3) is 3.85. The van der Waals surface area contributed by atoms with Gasteiger partial charge in [0, 0.05) is 4.47 Å². The average Bonchev–Trinajstić information content (AvgIpc) is 3.13. The highest BCUT2D eigenvalue weighted by atomic mass is 79.9. The van der Waals surface area contributed by atoms with Crippen LogP contribution in [0, 0.1) is 0 Å². The molecule has 28 heavy (non-hydrogen) atoms. The number of carbonyl (C=O) groups is 1.